The lowest BCUT2D eigenvalue weighted by atomic mass is 10.2. The molecular formula is C13H15ClF3N5O2. The van der Waals surface area contributed by atoms with Crippen LogP contribution in [0.25, 0.3) is 5.69 Å². The smallest absolute Gasteiger partial charge is 0.416 e. The van der Waals surface area contributed by atoms with E-state index in [1.807, 2.05) is 0 Å². The minimum absolute atomic E-state index is 0. The third kappa shape index (κ3) is 5.17. The lowest BCUT2D eigenvalue weighted by Gasteiger charge is -2.15. The molecule has 0 saturated heterocycles. The van der Waals surface area contributed by atoms with Gasteiger partial charge in [0.15, 0.2) is 5.82 Å². The molecule has 1 aromatic carbocycles. The highest BCUT2D eigenvalue weighted by molar-refractivity contribution is 5.85. The van der Waals surface area contributed by atoms with Crippen LogP contribution in [0.2, 0.25) is 0 Å². The van der Waals surface area contributed by atoms with Crippen LogP contribution in [0, 0.1) is 0 Å². The Morgan fingerprint density at radius 2 is 1.92 bits per heavy atom. The Balaban J connectivity index is 0.00000288. The number of benzene rings is 1. The molecule has 0 aliphatic rings. The number of hydrogen-bond donors (Lipinski definition) is 1. The van der Waals surface area contributed by atoms with Gasteiger partial charge in [-0.3, -0.25) is 9.69 Å². The number of carboxylic acid groups (broad SMARTS) is 1. The average molecular weight is 366 g/mol. The number of nitrogens with zero attached hydrogens (tertiary/aromatic N) is 5. The van der Waals surface area contributed by atoms with E-state index in [1.165, 1.54) is 16.8 Å². The van der Waals surface area contributed by atoms with Gasteiger partial charge in [0.1, 0.15) is 0 Å². The fraction of sp³-hybridized carbons (Fsp3) is 0.385. The summed E-state index contributed by atoms with van der Waals surface area (Å²) < 4.78 is 39.0. The summed E-state index contributed by atoms with van der Waals surface area (Å²) >= 11 is 0. The summed E-state index contributed by atoms with van der Waals surface area (Å²) in [6.45, 7) is 0.566. The molecule has 2 aromatic rings. The van der Waals surface area contributed by atoms with Crippen LogP contribution in [0.5, 0.6) is 0 Å². The van der Waals surface area contributed by atoms with Gasteiger partial charge in [-0.05, 0) is 41.7 Å². The lowest BCUT2D eigenvalue weighted by Crippen LogP contribution is -2.23. The van der Waals surface area contributed by atoms with E-state index in [9.17, 15) is 18.0 Å². The molecule has 0 unspecified atom stereocenters. The largest absolute Gasteiger partial charge is 0.481 e. The van der Waals surface area contributed by atoms with Gasteiger partial charge in [-0.25, -0.2) is 0 Å². The standard InChI is InChI=1S/C13H14F3N5O2.ClH/c1-20(7-6-12(22)23)8-11-17-18-19-21(11)10-4-2-9(3-5-10)13(14,15)16;/h2-5H,6-8H2,1H3,(H,22,23);1H. The summed E-state index contributed by atoms with van der Waals surface area (Å²) in [4.78, 5) is 12.3. The second-order valence-electron chi connectivity index (χ2n) is 4.93. The third-order valence-corrected chi connectivity index (χ3v) is 3.09. The van der Waals surface area contributed by atoms with Crippen LogP contribution >= 0.6 is 12.4 Å². The van der Waals surface area contributed by atoms with Crippen molar-refractivity contribution >= 4 is 18.4 Å². The molecule has 11 heteroatoms. The molecule has 0 radical (unpaired) electrons. The van der Waals surface area contributed by atoms with Crippen molar-refractivity contribution < 1.29 is 23.1 Å². The highest BCUT2D eigenvalue weighted by Crippen LogP contribution is 2.29. The summed E-state index contributed by atoms with van der Waals surface area (Å²) in [6.07, 6.45) is -4.43. The molecule has 1 aromatic heterocycles. The number of carbonyl (C=O) groups is 1. The molecule has 1 N–H and O–H groups in total. The van der Waals surface area contributed by atoms with Gasteiger partial charge in [0, 0.05) is 6.54 Å². The first-order chi connectivity index (χ1) is 10.8. The Bertz CT molecular complexity index is 675. The first kappa shape index (κ1) is 19.8. The second-order valence-corrected chi connectivity index (χ2v) is 4.93. The number of halogens is 4. The maximum absolute atomic E-state index is 12.6. The van der Waals surface area contributed by atoms with E-state index in [0.29, 0.717) is 18.1 Å². The molecule has 0 atom stereocenters. The molecule has 0 aliphatic carbocycles. The predicted molar refractivity (Wildman–Crippen MR) is 80.0 cm³/mol. The highest BCUT2D eigenvalue weighted by Gasteiger charge is 2.30. The van der Waals surface area contributed by atoms with Crippen LogP contribution < -0.4 is 0 Å². The number of rotatable bonds is 6. The van der Waals surface area contributed by atoms with Gasteiger partial charge in [0.05, 0.1) is 24.2 Å². The van der Waals surface area contributed by atoms with Crippen LogP contribution in [-0.2, 0) is 17.5 Å². The van der Waals surface area contributed by atoms with Gasteiger partial charge in [0.25, 0.3) is 0 Å². The fourth-order valence-corrected chi connectivity index (χ4v) is 1.90. The van der Waals surface area contributed by atoms with Crippen molar-refractivity contribution in [3.8, 4) is 5.69 Å². The monoisotopic (exact) mass is 365 g/mol. The van der Waals surface area contributed by atoms with Gasteiger partial charge in [-0.2, -0.15) is 17.9 Å². The first-order valence-electron chi connectivity index (χ1n) is 6.62. The quantitative estimate of drug-likeness (QED) is 0.843. The Morgan fingerprint density at radius 1 is 1.29 bits per heavy atom. The Labute approximate surface area is 141 Å². The van der Waals surface area contributed by atoms with E-state index in [1.54, 1.807) is 11.9 Å². The normalized spacial score (nSPS) is 11.4. The predicted octanol–water partition coefficient (Wildman–Crippen LogP) is 2.01. The van der Waals surface area contributed by atoms with E-state index >= 15 is 0 Å². The fourth-order valence-electron chi connectivity index (χ4n) is 1.90. The number of tetrazole rings is 1. The van der Waals surface area contributed by atoms with E-state index < -0.39 is 17.7 Å². The third-order valence-electron chi connectivity index (χ3n) is 3.09. The van der Waals surface area contributed by atoms with Crippen LogP contribution in [-0.4, -0.2) is 49.8 Å². The molecule has 1 heterocycles. The molecule has 2 rings (SSSR count). The van der Waals surface area contributed by atoms with Crippen LogP contribution in [0.15, 0.2) is 24.3 Å². The Morgan fingerprint density at radius 3 is 2.46 bits per heavy atom. The summed E-state index contributed by atoms with van der Waals surface area (Å²) in [5, 5.41) is 19.7. The maximum Gasteiger partial charge on any atom is 0.416 e. The molecule has 0 saturated carbocycles. The van der Waals surface area contributed by atoms with Gasteiger partial charge >= 0.3 is 12.1 Å². The van der Waals surface area contributed by atoms with Crippen molar-refractivity contribution in [2.24, 2.45) is 0 Å². The number of aromatic nitrogens is 4. The van der Waals surface area contributed by atoms with Gasteiger partial charge in [-0.15, -0.1) is 17.5 Å². The molecule has 0 fully saturated rings. The molecule has 0 bridgehead atoms. The zero-order valence-corrected chi connectivity index (χ0v) is 13.4. The second kappa shape index (κ2) is 8.06. The molecule has 132 valence electrons. The van der Waals surface area contributed by atoms with Gasteiger partial charge in [-0.1, -0.05) is 0 Å². The zero-order chi connectivity index (χ0) is 17.0. The summed E-state index contributed by atoms with van der Waals surface area (Å²) in [6, 6.07) is 4.46. The van der Waals surface area contributed by atoms with Crippen molar-refractivity contribution in [1.82, 2.24) is 25.1 Å². The number of carboxylic acids is 1. The molecule has 7 nitrogen and oxygen atoms in total. The van der Waals surface area contributed by atoms with Crippen molar-refractivity contribution in [3.05, 3.63) is 35.7 Å². The molecular weight excluding hydrogens is 351 g/mol. The van der Waals surface area contributed by atoms with E-state index in [-0.39, 0.29) is 25.4 Å². The number of aliphatic carboxylic acids is 1. The average Bonchev–Trinajstić information content (AvgIpc) is 2.92. The summed E-state index contributed by atoms with van der Waals surface area (Å²) in [5.41, 5.74) is -0.362. The lowest BCUT2D eigenvalue weighted by molar-refractivity contribution is -0.138. The minimum atomic E-state index is -4.40. The molecule has 24 heavy (non-hydrogen) atoms. The minimum Gasteiger partial charge on any atom is -0.481 e. The van der Waals surface area contributed by atoms with Crippen LogP contribution in [0.4, 0.5) is 13.2 Å². The highest BCUT2D eigenvalue weighted by atomic mass is 35.5. The van der Waals surface area contributed by atoms with E-state index in [4.69, 9.17) is 5.11 Å². The van der Waals surface area contributed by atoms with Crippen LogP contribution in [0.3, 0.4) is 0 Å². The SMILES string of the molecule is CN(CCC(=O)O)Cc1nnnn1-c1ccc(C(F)(F)F)cc1.Cl. The Kier molecular flexibility index (Phi) is 6.67. The zero-order valence-electron chi connectivity index (χ0n) is 12.6. The van der Waals surface area contributed by atoms with Crippen molar-refractivity contribution in [3.63, 3.8) is 0 Å². The van der Waals surface area contributed by atoms with Crippen molar-refractivity contribution in [2.45, 2.75) is 19.1 Å². The van der Waals surface area contributed by atoms with E-state index in [2.05, 4.69) is 15.5 Å². The molecule has 0 aliphatic heterocycles. The first-order valence-corrected chi connectivity index (χ1v) is 6.62. The molecule has 0 amide bonds. The maximum atomic E-state index is 12.6. The van der Waals surface area contributed by atoms with Crippen LogP contribution in [0.1, 0.15) is 17.8 Å². The van der Waals surface area contributed by atoms with Gasteiger partial charge in [0.2, 0.25) is 0 Å². The summed E-state index contributed by atoms with van der Waals surface area (Å²) in [7, 11) is 1.70. The topological polar surface area (TPSA) is 84.1 Å². The summed E-state index contributed by atoms with van der Waals surface area (Å²) in [5.74, 6) is -0.517. The number of hydrogen-bond acceptors (Lipinski definition) is 5. The Hall–Kier alpha value is -2.20. The molecule has 0 spiro atoms. The number of alkyl halides is 3. The van der Waals surface area contributed by atoms with E-state index in [0.717, 1.165) is 12.1 Å². The van der Waals surface area contributed by atoms with Crippen molar-refractivity contribution in [1.29, 1.82) is 0 Å². The van der Waals surface area contributed by atoms with Crippen molar-refractivity contribution in [2.75, 3.05) is 13.6 Å². The van der Waals surface area contributed by atoms with Gasteiger partial charge < -0.3 is 5.11 Å².